The summed E-state index contributed by atoms with van der Waals surface area (Å²) in [6.45, 7) is 14.3. The molecule has 0 saturated carbocycles. The van der Waals surface area contributed by atoms with Crippen molar-refractivity contribution in [1.29, 1.82) is 0 Å². The summed E-state index contributed by atoms with van der Waals surface area (Å²) < 4.78 is 0.819. The monoisotopic (exact) mass is 448 g/mol. The zero-order chi connectivity index (χ0) is 17.6. The van der Waals surface area contributed by atoms with Gasteiger partial charge in [-0.2, -0.15) is 56.9 Å². The fourth-order valence-corrected chi connectivity index (χ4v) is 2.24. The molecule has 0 spiro atoms. The Kier molecular flexibility index (Phi) is 50.8. The number of nitrogens with two attached hydrogens (primary N) is 1. The van der Waals surface area contributed by atoms with Crippen molar-refractivity contribution in [1.82, 2.24) is 5.43 Å². The molecule has 1 aliphatic heterocycles. The van der Waals surface area contributed by atoms with Crippen LogP contribution in [0.3, 0.4) is 0 Å². The lowest BCUT2D eigenvalue weighted by molar-refractivity contribution is 1.15. The first-order chi connectivity index (χ1) is 10.7. The summed E-state index contributed by atoms with van der Waals surface area (Å²) in [5.41, 5.74) is 7.40. The Hall–Kier alpha value is 0.180. The molecule has 0 unspecified atom stereocenters. The van der Waals surface area contributed by atoms with E-state index in [1.165, 1.54) is 23.5 Å². The SMILES string of the molecule is C.CS.NCCS.S.[C-]#[N+]N=C(SC)SC.[C-]#[N+]NC1=NCCS1. The first-order valence-electron chi connectivity index (χ1n) is 5.77. The zero-order valence-corrected chi connectivity index (χ0v) is 18.6. The standard InChI is InChI=1S/C4H5N3S.C4H6N2S2.C2H7NS.CH4S.CH4.H2S/c1-5-7-4-6-2-3-8-4;1-5-6-4(7-2)8-3;3-1-2-4;1-2;;/h2-3H2,(H,6,7);2-3H3;4H,1-3H2;2H,1H3;1H4;1H2. The van der Waals surface area contributed by atoms with Crippen molar-refractivity contribution in [2.45, 2.75) is 7.43 Å². The molecule has 0 bridgehead atoms. The third kappa shape index (κ3) is 30.1. The van der Waals surface area contributed by atoms with Gasteiger partial charge in [-0.1, -0.05) is 48.1 Å². The van der Waals surface area contributed by atoms with E-state index in [1.807, 2.05) is 12.5 Å². The molecule has 0 aliphatic carbocycles. The number of amidine groups is 1. The molecule has 0 amide bonds. The third-order valence-electron chi connectivity index (χ3n) is 1.35. The van der Waals surface area contributed by atoms with Crippen LogP contribution in [0.15, 0.2) is 10.1 Å². The highest BCUT2D eigenvalue weighted by Gasteiger charge is 2.06. The van der Waals surface area contributed by atoms with Gasteiger partial charge in [-0.3, -0.25) is 4.99 Å². The molecule has 3 N–H and O–H groups in total. The number of aliphatic imine (C=N–C) groups is 1. The summed E-state index contributed by atoms with van der Waals surface area (Å²) in [7, 11) is 0. The second-order valence-electron chi connectivity index (χ2n) is 2.65. The molecule has 1 heterocycles. The summed E-state index contributed by atoms with van der Waals surface area (Å²) in [6.07, 6.45) is 5.50. The van der Waals surface area contributed by atoms with Crippen molar-refractivity contribution in [3.8, 4) is 0 Å². The van der Waals surface area contributed by atoms with Gasteiger partial charge in [-0.15, -0.1) is 4.95 Å². The topological polar surface area (TPSA) is 71.5 Å². The fourth-order valence-electron chi connectivity index (χ4n) is 0.656. The molecule has 142 valence electrons. The average Bonchev–Trinajstić information content (AvgIpc) is 3.09. The molecule has 0 saturated heterocycles. The van der Waals surface area contributed by atoms with Crippen molar-refractivity contribution in [2.24, 2.45) is 15.8 Å². The van der Waals surface area contributed by atoms with Gasteiger partial charge in [0.1, 0.15) is 5.10 Å². The predicted octanol–water partition coefficient (Wildman–Crippen LogP) is 3.59. The predicted molar refractivity (Wildman–Crippen MR) is 130 cm³/mol. The molecule has 0 atom stereocenters. The van der Waals surface area contributed by atoms with Crippen LogP contribution in [0.5, 0.6) is 0 Å². The van der Waals surface area contributed by atoms with Crippen LogP contribution in [0, 0.1) is 13.1 Å². The van der Waals surface area contributed by atoms with Crippen LogP contribution >= 0.6 is 74.0 Å². The van der Waals surface area contributed by atoms with Crippen LogP contribution in [0.2, 0.25) is 0 Å². The number of rotatable bonds is 1. The smallest absolute Gasteiger partial charge is 0.228 e. The number of thioether (sulfide) groups is 3. The normalized spacial score (nSPS) is 9.75. The minimum Gasteiger partial charge on any atom is -0.330 e. The molecule has 0 fully saturated rings. The van der Waals surface area contributed by atoms with E-state index in [1.54, 1.807) is 18.0 Å². The van der Waals surface area contributed by atoms with Gasteiger partial charge in [-0.25, -0.2) is 0 Å². The fraction of sp³-hybridized carbons (Fsp3) is 0.667. The Balaban J connectivity index is -0.0000000718. The van der Waals surface area contributed by atoms with E-state index in [-0.39, 0.29) is 20.9 Å². The lowest BCUT2D eigenvalue weighted by Gasteiger charge is -1.84. The Morgan fingerprint density at radius 1 is 1.42 bits per heavy atom. The number of thiol groups is 2. The van der Waals surface area contributed by atoms with Gasteiger partial charge < -0.3 is 5.73 Å². The largest absolute Gasteiger partial charge is 0.330 e. The Bertz CT molecular complexity index is 369. The van der Waals surface area contributed by atoms with Gasteiger partial charge in [0.15, 0.2) is 0 Å². The highest BCUT2D eigenvalue weighted by atomic mass is 32.2. The maximum absolute atomic E-state index is 6.39. The lowest BCUT2D eigenvalue weighted by Crippen LogP contribution is -2.07. The molecule has 0 aromatic rings. The van der Waals surface area contributed by atoms with Crippen LogP contribution in [0.25, 0.3) is 9.91 Å². The van der Waals surface area contributed by atoms with Gasteiger partial charge >= 0.3 is 0 Å². The first-order valence-corrected chi connectivity index (χ1v) is 10.7. The maximum atomic E-state index is 6.39. The Morgan fingerprint density at radius 2 is 1.92 bits per heavy atom. The quantitative estimate of drug-likeness (QED) is 0.162. The zero-order valence-electron chi connectivity index (χ0n) is 13.3. The van der Waals surface area contributed by atoms with Crippen LogP contribution in [0.1, 0.15) is 7.43 Å². The molecular formula is C12H28N6S6. The summed E-state index contributed by atoms with van der Waals surface area (Å²) >= 11 is 11.9. The summed E-state index contributed by atoms with van der Waals surface area (Å²) in [4.78, 5) is 9.82. The van der Waals surface area contributed by atoms with Gasteiger partial charge in [0.25, 0.3) is 0 Å². The summed E-state index contributed by atoms with van der Waals surface area (Å²) in [5, 5.41) is 4.26. The molecular weight excluding hydrogens is 421 g/mol. The second-order valence-corrected chi connectivity index (χ2v) is 6.02. The molecule has 1 rings (SSSR count). The van der Waals surface area contributed by atoms with E-state index < -0.39 is 0 Å². The molecule has 24 heavy (non-hydrogen) atoms. The Morgan fingerprint density at radius 3 is 2.12 bits per heavy atom. The van der Waals surface area contributed by atoms with Gasteiger partial charge in [0.2, 0.25) is 9.54 Å². The molecule has 0 radical (unpaired) electrons. The third-order valence-corrected chi connectivity index (χ3v) is 4.35. The first kappa shape index (κ1) is 35.3. The number of hydrogen-bond acceptors (Lipinski definition) is 9. The van der Waals surface area contributed by atoms with E-state index in [0.717, 1.165) is 27.6 Å². The van der Waals surface area contributed by atoms with Gasteiger partial charge in [0.05, 0.1) is 6.54 Å². The number of nitrogens with one attached hydrogen (secondary N) is 1. The van der Waals surface area contributed by atoms with Gasteiger partial charge in [-0.05, 0) is 18.8 Å². The molecule has 6 nitrogen and oxygen atoms in total. The Labute approximate surface area is 177 Å². The minimum atomic E-state index is 0. The van der Waals surface area contributed by atoms with Crippen molar-refractivity contribution >= 4 is 83.6 Å². The van der Waals surface area contributed by atoms with E-state index in [0.29, 0.717) is 6.54 Å². The second kappa shape index (κ2) is 34.5. The van der Waals surface area contributed by atoms with Crippen molar-refractivity contribution in [3.05, 3.63) is 23.1 Å². The average molecular weight is 449 g/mol. The highest BCUT2D eigenvalue weighted by molar-refractivity contribution is 8.38. The molecule has 0 aromatic heterocycles. The highest BCUT2D eigenvalue weighted by Crippen LogP contribution is 2.10. The maximum Gasteiger partial charge on any atom is 0.228 e. The lowest BCUT2D eigenvalue weighted by atomic mass is 10.8. The molecule has 1 aliphatic rings. The van der Waals surface area contributed by atoms with Crippen molar-refractivity contribution in [2.75, 3.05) is 43.4 Å². The van der Waals surface area contributed by atoms with Crippen molar-refractivity contribution < 1.29 is 0 Å². The van der Waals surface area contributed by atoms with Gasteiger partial charge in [0, 0.05) is 18.1 Å². The van der Waals surface area contributed by atoms with E-state index >= 15 is 0 Å². The van der Waals surface area contributed by atoms with Crippen LogP contribution in [0.4, 0.5) is 0 Å². The van der Waals surface area contributed by atoms with Crippen molar-refractivity contribution in [3.63, 3.8) is 0 Å². The number of hydrogen-bond donors (Lipinski definition) is 4. The van der Waals surface area contributed by atoms with Crippen LogP contribution in [-0.4, -0.2) is 52.9 Å². The van der Waals surface area contributed by atoms with E-state index in [4.69, 9.17) is 18.9 Å². The molecule has 0 aromatic carbocycles. The summed E-state index contributed by atoms with van der Waals surface area (Å²) in [6, 6.07) is 0. The van der Waals surface area contributed by atoms with E-state index in [9.17, 15) is 0 Å². The minimum absolute atomic E-state index is 0. The number of nitrogens with zero attached hydrogens (tertiary/aromatic N) is 4. The van der Waals surface area contributed by atoms with Crippen LogP contribution in [-0.2, 0) is 0 Å². The summed E-state index contributed by atoms with van der Waals surface area (Å²) in [5.74, 6) is 1.80. The van der Waals surface area contributed by atoms with E-state index in [2.05, 4.69) is 50.7 Å². The van der Waals surface area contributed by atoms with Crippen LogP contribution < -0.4 is 11.2 Å². The molecule has 12 heteroatoms.